The number of carbonyl (C=O) groups excluding carboxylic acids is 1. The van der Waals surface area contributed by atoms with Crippen LogP contribution in [0.4, 0.5) is 11.4 Å². The van der Waals surface area contributed by atoms with Gasteiger partial charge in [0.05, 0.1) is 18.6 Å². The second-order valence-electron chi connectivity index (χ2n) is 9.92. The minimum atomic E-state index is -3.72. The summed E-state index contributed by atoms with van der Waals surface area (Å²) < 4.78 is 38.8. The molecule has 9 nitrogen and oxygen atoms in total. The van der Waals surface area contributed by atoms with Crippen molar-refractivity contribution < 1.29 is 22.7 Å². The van der Waals surface area contributed by atoms with E-state index in [1.807, 2.05) is 24.3 Å². The Kier molecular flexibility index (Phi) is 10.6. The molecule has 2 aromatic carbocycles. The fourth-order valence-corrected chi connectivity index (χ4v) is 6.78. The minimum absolute atomic E-state index is 0.108. The van der Waals surface area contributed by atoms with Gasteiger partial charge in [-0.1, -0.05) is 6.92 Å². The van der Waals surface area contributed by atoms with Crippen LogP contribution in [0, 0.1) is 13.8 Å². The number of hydrogen-bond acceptors (Lipinski definition) is 7. The van der Waals surface area contributed by atoms with Crippen LogP contribution in [0.2, 0.25) is 0 Å². The lowest BCUT2D eigenvalue weighted by Crippen LogP contribution is -2.41. The van der Waals surface area contributed by atoms with E-state index in [9.17, 15) is 13.2 Å². The van der Waals surface area contributed by atoms with Gasteiger partial charge >= 0.3 is 0 Å². The maximum Gasteiger partial charge on any atom is 0.250 e. The summed E-state index contributed by atoms with van der Waals surface area (Å²) in [6, 6.07) is 11.9. The van der Waals surface area contributed by atoms with E-state index in [2.05, 4.69) is 29.2 Å². The van der Waals surface area contributed by atoms with Gasteiger partial charge in [0.2, 0.25) is 15.9 Å². The maximum absolute atomic E-state index is 13.3. The van der Waals surface area contributed by atoms with Crippen molar-refractivity contribution in [1.82, 2.24) is 9.21 Å². The van der Waals surface area contributed by atoms with Crippen LogP contribution in [0.1, 0.15) is 30.9 Å². The van der Waals surface area contributed by atoms with E-state index in [-0.39, 0.29) is 30.6 Å². The number of sulfonamides is 1. The van der Waals surface area contributed by atoms with E-state index < -0.39 is 10.0 Å². The molecule has 1 N–H and O–H groups in total. The number of hydrogen-bond donors (Lipinski definition) is 1. The van der Waals surface area contributed by atoms with Crippen LogP contribution >= 0.6 is 0 Å². The number of piperidine rings is 1. The van der Waals surface area contributed by atoms with Crippen molar-refractivity contribution in [2.75, 3.05) is 70.8 Å². The Hall–Kier alpha value is -2.66. The molecule has 1 aliphatic rings. The van der Waals surface area contributed by atoms with Crippen molar-refractivity contribution in [2.45, 2.75) is 44.6 Å². The summed E-state index contributed by atoms with van der Waals surface area (Å²) >= 11 is 0. The highest BCUT2D eigenvalue weighted by Crippen LogP contribution is 2.28. The number of carbonyl (C=O) groups is 1. The first-order valence-corrected chi connectivity index (χ1v) is 14.5. The standard InChI is InChI=1S/C28H42N4O5S/c1-7-32(38(34,35)28-21(2)18-26(36-6)19-22(28)3)16-17-37-20-27(33)29-23-8-10-25(11-9-23)31-14-12-24(13-15-31)30(4)5/h8-11,18-19,24H,7,12-17,20H2,1-6H3,(H,29,33). The van der Waals surface area contributed by atoms with Gasteiger partial charge in [0.25, 0.3) is 0 Å². The SMILES string of the molecule is CCN(CCOCC(=O)Nc1ccc(N2CCC(N(C)C)CC2)cc1)S(=O)(=O)c1c(C)cc(OC)cc1C. The van der Waals surface area contributed by atoms with Crippen molar-refractivity contribution in [3.63, 3.8) is 0 Å². The molecule has 0 unspecified atom stereocenters. The van der Waals surface area contributed by atoms with Gasteiger partial charge in [-0.3, -0.25) is 4.79 Å². The van der Waals surface area contributed by atoms with Crippen molar-refractivity contribution in [1.29, 1.82) is 0 Å². The van der Waals surface area contributed by atoms with Crippen LogP contribution in [-0.2, 0) is 19.6 Å². The summed E-state index contributed by atoms with van der Waals surface area (Å²) in [4.78, 5) is 17.3. The van der Waals surface area contributed by atoms with Crippen LogP contribution in [0.15, 0.2) is 41.3 Å². The monoisotopic (exact) mass is 546 g/mol. The molecule has 2 aromatic rings. The predicted octanol–water partition coefficient (Wildman–Crippen LogP) is 3.51. The molecular weight excluding hydrogens is 504 g/mol. The number of likely N-dealkylation sites (N-methyl/N-ethyl adjacent to an activating group) is 1. The Balaban J connectivity index is 1.47. The van der Waals surface area contributed by atoms with Crippen molar-refractivity contribution in [2.24, 2.45) is 0 Å². The molecule has 0 bridgehead atoms. The Morgan fingerprint density at radius 1 is 1.08 bits per heavy atom. The molecule has 10 heteroatoms. The summed E-state index contributed by atoms with van der Waals surface area (Å²) in [6.45, 7) is 7.74. The maximum atomic E-state index is 13.3. The Morgan fingerprint density at radius 2 is 1.68 bits per heavy atom. The van der Waals surface area contributed by atoms with Crippen molar-refractivity contribution in [3.05, 3.63) is 47.5 Å². The number of rotatable bonds is 12. The normalized spacial score (nSPS) is 14.8. The van der Waals surface area contributed by atoms with Gasteiger partial charge in [0.15, 0.2) is 0 Å². The van der Waals surface area contributed by atoms with Crippen molar-refractivity contribution in [3.8, 4) is 5.75 Å². The summed E-state index contributed by atoms with van der Waals surface area (Å²) in [7, 11) is 2.10. The molecule has 1 fully saturated rings. The zero-order valence-corrected chi connectivity index (χ0v) is 24.3. The Morgan fingerprint density at radius 3 is 2.21 bits per heavy atom. The average Bonchev–Trinajstić information content (AvgIpc) is 2.88. The lowest BCUT2D eigenvalue weighted by molar-refractivity contribution is -0.120. The molecule has 1 amide bonds. The highest BCUT2D eigenvalue weighted by Gasteiger charge is 2.27. The topological polar surface area (TPSA) is 91.4 Å². The van der Waals surface area contributed by atoms with Gasteiger partial charge in [0.1, 0.15) is 12.4 Å². The first-order valence-electron chi connectivity index (χ1n) is 13.1. The Bertz CT molecular complexity index is 1150. The summed E-state index contributed by atoms with van der Waals surface area (Å²) in [5.41, 5.74) is 3.11. The molecule has 0 atom stereocenters. The summed E-state index contributed by atoms with van der Waals surface area (Å²) in [5.74, 6) is 0.341. The van der Waals surface area contributed by atoms with Gasteiger partial charge in [-0.25, -0.2) is 8.42 Å². The fraction of sp³-hybridized carbons (Fsp3) is 0.536. The number of amides is 1. The van der Waals surface area contributed by atoms with E-state index >= 15 is 0 Å². The zero-order valence-electron chi connectivity index (χ0n) is 23.5. The van der Waals surface area contributed by atoms with Crippen LogP contribution in [-0.4, -0.2) is 90.2 Å². The van der Waals surface area contributed by atoms with Crippen LogP contribution in [0.5, 0.6) is 5.75 Å². The molecule has 0 aliphatic carbocycles. The largest absolute Gasteiger partial charge is 0.497 e. The van der Waals surface area contributed by atoms with Gasteiger partial charge in [-0.2, -0.15) is 4.31 Å². The molecule has 1 saturated heterocycles. The molecule has 1 heterocycles. The van der Waals surface area contributed by atoms with Crippen LogP contribution in [0.25, 0.3) is 0 Å². The zero-order chi connectivity index (χ0) is 27.9. The minimum Gasteiger partial charge on any atom is -0.497 e. The highest BCUT2D eigenvalue weighted by molar-refractivity contribution is 7.89. The number of anilines is 2. The van der Waals surface area contributed by atoms with E-state index in [0.717, 1.165) is 31.6 Å². The number of nitrogens with zero attached hydrogens (tertiary/aromatic N) is 3. The fourth-order valence-electron chi connectivity index (χ4n) is 4.94. The van der Waals surface area contributed by atoms with Gasteiger partial charge < -0.3 is 24.6 Å². The van der Waals surface area contributed by atoms with Crippen LogP contribution in [0.3, 0.4) is 0 Å². The van der Waals surface area contributed by atoms with E-state index in [4.69, 9.17) is 9.47 Å². The number of aryl methyl sites for hydroxylation is 2. The smallest absolute Gasteiger partial charge is 0.250 e. The van der Waals surface area contributed by atoms with Gasteiger partial charge in [-0.15, -0.1) is 0 Å². The highest BCUT2D eigenvalue weighted by atomic mass is 32.2. The van der Waals surface area contributed by atoms with E-state index in [0.29, 0.717) is 35.2 Å². The van der Waals surface area contributed by atoms with Gasteiger partial charge in [0, 0.05) is 43.6 Å². The molecule has 3 rings (SSSR count). The predicted molar refractivity (Wildman–Crippen MR) is 152 cm³/mol. The van der Waals surface area contributed by atoms with Gasteiger partial charge in [-0.05, 0) is 88.3 Å². The number of nitrogens with one attached hydrogen (secondary N) is 1. The quantitative estimate of drug-likeness (QED) is 0.408. The summed E-state index contributed by atoms with van der Waals surface area (Å²) in [5, 5.41) is 2.85. The first-order chi connectivity index (χ1) is 18.1. The first kappa shape index (κ1) is 29.9. The summed E-state index contributed by atoms with van der Waals surface area (Å²) in [6.07, 6.45) is 2.28. The second-order valence-corrected chi connectivity index (χ2v) is 11.8. The third-order valence-electron chi connectivity index (χ3n) is 7.05. The lowest BCUT2D eigenvalue weighted by Gasteiger charge is -2.36. The third-order valence-corrected chi connectivity index (χ3v) is 9.33. The van der Waals surface area contributed by atoms with Crippen LogP contribution < -0.4 is 15.0 Å². The molecule has 38 heavy (non-hydrogen) atoms. The van der Waals surface area contributed by atoms with Crippen molar-refractivity contribution >= 4 is 27.3 Å². The lowest BCUT2D eigenvalue weighted by atomic mass is 10.0. The molecule has 210 valence electrons. The second kappa shape index (κ2) is 13.4. The third kappa shape index (κ3) is 7.47. The number of methoxy groups -OCH3 is 1. The molecule has 0 aromatic heterocycles. The average molecular weight is 547 g/mol. The molecular formula is C28H42N4O5S. The molecule has 0 spiro atoms. The Labute approximate surface area is 227 Å². The number of ether oxygens (including phenoxy) is 2. The number of benzene rings is 2. The van der Waals surface area contributed by atoms with E-state index in [1.165, 1.54) is 4.31 Å². The molecule has 0 saturated carbocycles. The molecule has 1 aliphatic heterocycles. The molecule has 0 radical (unpaired) electrons. The van der Waals surface area contributed by atoms with E-state index in [1.54, 1.807) is 40.0 Å².